The van der Waals surface area contributed by atoms with E-state index in [1.54, 1.807) is 4.68 Å². The Hall–Kier alpha value is -2.24. The van der Waals surface area contributed by atoms with Gasteiger partial charge in [-0.1, -0.05) is 23.4 Å². The molecular formula is C18H19ClN4O5S2. The van der Waals surface area contributed by atoms with E-state index in [2.05, 4.69) is 15.5 Å². The molecule has 0 amide bonds. The van der Waals surface area contributed by atoms with Crippen LogP contribution in [0.3, 0.4) is 0 Å². The van der Waals surface area contributed by atoms with Gasteiger partial charge < -0.3 is 4.74 Å². The lowest BCUT2D eigenvalue weighted by atomic mass is 10.1. The van der Waals surface area contributed by atoms with E-state index in [1.807, 2.05) is 6.92 Å². The molecule has 12 heteroatoms. The van der Waals surface area contributed by atoms with Crippen molar-refractivity contribution in [3.63, 3.8) is 0 Å². The van der Waals surface area contributed by atoms with Crippen LogP contribution in [0, 0.1) is 0 Å². The third-order valence-electron chi connectivity index (χ3n) is 4.36. The number of rotatable bonds is 7. The van der Waals surface area contributed by atoms with Gasteiger partial charge in [-0.2, -0.15) is 0 Å². The summed E-state index contributed by atoms with van der Waals surface area (Å²) >= 11 is 7.65. The van der Waals surface area contributed by atoms with E-state index in [-0.39, 0.29) is 38.3 Å². The Bertz CT molecular complexity index is 1130. The minimum atomic E-state index is -3.60. The number of halogens is 1. The molecular weight excluding hydrogens is 452 g/mol. The van der Waals surface area contributed by atoms with Crippen molar-refractivity contribution in [1.82, 2.24) is 20.2 Å². The van der Waals surface area contributed by atoms with E-state index in [0.717, 1.165) is 6.26 Å². The highest BCUT2D eigenvalue weighted by atomic mass is 35.5. The fourth-order valence-corrected chi connectivity index (χ4v) is 5.35. The second kappa shape index (κ2) is 9.27. The molecule has 0 unspecified atom stereocenters. The molecule has 30 heavy (non-hydrogen) atoms. The van der Waals surface area contributed by atoms with Gasteiger partial charge in [0.05, 0.1) is 15.5 Å². The topological polar surface area (TPSA) is 121 Å². The van der Waals surface area contributed by atoms with Crippen LogP contribution in [0.1, 0.15) is 42.1 Å². The fourth-order valence-electron chi connectivity index (χ4n) is 2.89. The van der Waals surface area contributed by atoms with Crippen LogP contribution < -0.4 is 0 Å². The first-order valence-electron chi connectivity index (χ1n) is 9.06. The number of thioether (sulfide) groups is 1. The Labute approximate surface area is 182 Å². The average molecular weight is 471 g/mol. The summed E-state index contributed by atoms with van der Waals surface area (Å²) in [7, 11) is -3.60. The Morgan fingerprint density at radius 1 is 1.33 bits per heavy atom. The predicted octanol–water partition coefficient (Wildman–Crippen LogP) is 2.84. The molecule has 0 saturated heterocycles. The molecule has 1 heterocycles. The second-order valence-corrected chi connectivity index (χ2v) is 9.87. The first-order chi connectivity index (χ1) is 14.2. The van der Waals surface area contributed by atoms with Gasteiger partial charge in [0.25, 0.3) is 0 Å². The maximum absolute atomic E-state index is 12.6. The van der Waals surface area contributed by atoms with Crippen molar-refractivity contribution >= 4 is 45.0 Å². The van der Waals surface area contributed by atoms with Gasteiger partial charge in [-0.15, -0.1) is 5.10 Å². The van der Waals surface area contributed by atoms with Gasteiger partial charge >= 0.3 is 5.97 Å². The summed E-state index contributed by atoms with van der Waals surface area (Å²) in [5.41, 5.74) is 0.284. The number of esters is 1. The van der Waals surface area contributed by atoms with Crippen LogP contribution in [0.4, 0.5) is 0 Å². The number of ketones is 1. The summed E-state index contributed by atoms with van der Waals surface area (Å²) in [5.74, 6) is -0.444. The lowest BCUT2D eigenvalue weighted by molar-refractivity contribution is -0.115. The lowest BCUT2D eigenvalue weighted by Crippen LogP contribution is -2.12. The van der Waals surface area contributed by atoms with Gasteiger partial charge in [0.1, 0.15) is 5.76 Å². The van der Waals surface area contributed by atoms with Crippen LogP contribution in [0.15, 0.2) is 34.0 Å². The van der Waals surface area contributed by atoms with Crippen LogP contribution in [-0.4, -0.2) is 46.6 Å². The Kier molecular flexibility index (Phi) is 6.94. The minimum Gasteiger partial charge on any atom is -0.427 e. The molecule has 3 rings (SSSR count). The monoisotopic (exact) mass is 470 g/mol. The van der Waals surface area contributed by atoms with Crippen molar-refractivity contribution in [2.45, 2.75) is 48.5 Å². The lowest BCUT2D eigenvalue weighted by Gasteiger charge is -2.15. The van der Waals surface area contributed by atoms with Crippen LogP contribution >= 0.6 is 23.4 Å². The normalized spacial score (nSPS) is 14.5. The van der Waals surface area contributed by atoms with Crippen molar-refractivity contribution in [3.8, 4) is 0 Å². The van der Waals surface area contributed by atoms with Crippen LogP contribution in [0.2, 0.25) is 5.02 Å². The van der Waals surface area contributed by atoms with Gasteiger partial charge in [-0.25, -0.2) is 17.9 Å². The van der Waals surface area contributed by atoms with E-state index in [0.29, 0.717) is 31.0 Å². The van der Waals surface area contributed by atoms with E-state index < -0.39 is 15.8 Å². The summed E-state index contributed by atoms with van der Waals surface area (Å²) in [4.78, 5) is 24.2. The van der Waals surface area contributed by atoms with Gasteiger partial charge in [0, 0.05) is 43.0 Å². The first kappa shape index (κ1) is 22.4. The molecule has 160 valence electrons. The van der Waals surface area contributed by atoms with Crippen LogP contribution in [0.25, 0.3) is 0 Å². The van der Waals surface area contributed by atoms with Crippen molar-refractivity contribution in [3.05, 3.63) is 40.1 Å². The fraction of sp³-hybridized carbons (Fsp3) is 0.389. The molecule has 0 radical (unpaired) electrons. The number of allylic oxidation sites excluding steroid dienone is 2. The SMILES string of the molecule is CCn1nnnc1SCc1c(S(C)(=O)=O)ccc(C(=O)OC2=CC(=O)CCC2)c1Cl. The second-order valence-electron chi connectivity index (χ2n) is 6.56. The highest BCUT2D eigenvalue weighted by Gasteiger charge is 2.24. The highest BCUT2D eigenvalue weighted by molar-refractivity contribution is 7.98. The van der Waals surface area contributed by atoms with Crippen LogP contribution in [-0.2, 0) is 31.7 Å². The number of hydrogen-bond donors (Lipinski definition) is 0. The molecule has 0 saturated carbocycles. The molecule has 2 aromatic rings. The molecule has 0 N–H and O–H groups in total. The maximum Gasteiger partial charge on any atom is 0.344 e. The Balaban J connectivity index is 1.93. The Morgan fingerprint density at radius 2 is 2.10 bits per heavy atom. The number of hydrogen-bond acceptors (Lipinski definition) is 9. The van der Waals surface area contributed by atoms with Gasteiger partial charge in [0.15, 0.2) is 15.6 Å². The zero-order chi connectivity index (χ0) is 21.9. The predicted molar refractivity (Wildman–Crippen MR) is 110 cm³/mol. The van der Waals surface area contributed by atoms with Gasteiger partial charge in [-0.3, -0.25) is 4.79 Å². The highest BCUT2D eigenvalue weighted by Crippen LogP contribution is 2.34. The molecule has 0 fully saturated rings. The maximum atomic E-state index is 12.6. The Morgan fingerprint density at radius 3 is 2.77 bits per heavy atom. The summed E-state index contributed by atoms with van der Waals surface area (Å²) in [6.45, 7) is 2.42. The number of tetrazole rings is 1. The number of aryl methyl sites for hydroxylation is 1. The summed E-state index contributed by atoms with van der Waals surface area (Å²) in [5, 5.41) is 11.8. The van der Waals surface area contributed by atoms with E-state index in [9.17, 15) is 18.0 Å². The zero-order valence-corrected chi connectivity index (χ0v) is 18.7. The molecule has 9 nitrogen and oxygen atoms in total. The van der Waals surface area contributed by atoms with Crippen molar-refractivity contribution < 1.29 is 22.7 Å². The third kappa shape index (κ3) is 5.08. The summed E-state index contributed by atoms with van der Waals surface area (Å²) in [6.07, 6.45) is 3.87. The molecule has 1 aromatic heterocycles. The van der Waals surface area contributed by atoms with Gasteiger partial charge in [0.2, 0.25) is 5.16 Å². The number of carbonyl (C=O) groups excluding carboxylic acids is 2. The zero-order valence-electron chi connectivity index (χ0n) is 16.3. The molecule has 1 aliphatic carbocycles. The standard InChI is InChI=1S/C18H19ClN4O5S2/c1-3-23-18(20-21-22-23)29-10-14-15(30(2,26)27)8-7-13(16(14)19)17(25)28-12-6-4-5-11(24)9-12/h7-9H,3-6,10H2,1-2H3. The molecule has 0 atom stereocenters. The number of benzene rings is 1. The molecule has 0 bridgehead atoms. The smallest absolute Gasteiger partial charge is 0.344 e. The number of aromatic nitrogens is 4. The number of sulfone groups is 1. The minimum absolute atomic E-state index is 0.0131. The quantitative estimate of drug-likeness (QED) is 0.444. The number of carbonyl (C=O) groups is 2. The average Bonchev–Trinajstić information content (AvgIpc) is 3.13. The molecule has 1 aliphatic rings. The van der Waals surface area contributed by atoms with E-state index >= 15 is 0 Å². The molecule has 0 aliphatic heterocycles. The molecule has 0 spiro atoms. The summed E-state index contributed by atoms with van der Waals surface area (Å²) < 4.78 is 31.4. The van der Waals surface area contributed by atoms with E-state index in [1.165, 1.54) is 30.0 Å². The largest absolute Gasteiger partial charge is 0.427 e. The first-order valence-corrected chi connectivity index (χ1v) is 12.3. The summed E-state index contributed by atoms with van der Waals surface area (Å²) in [6, 6.07) is 2.65. The number of ether oxygens (including phenoxy) is 1. The van der Waals surface area contributed by atoms with Crippen molar-refractivity contribution in [2.24, 2.45) is 0 Å². The van der Waals surface area contributed by atoms with Gasteiger partial charge in [-0.05, 0) is 35.9 Å². The van der Waals surface area contributed by atoms with Crippen molar-refractivity contribution in [1.29, 1.82) is 0 Å². The van der Waals surface area contributed by atoms with Crippen molar-refractivity contribution in [2.75, 3.05) is 6.26 Å². The molecule has 1 aromatic carbocycles. The number of nitrogens with zero attached hydrogens (tertiary/aromatic N) is 4. The third-order valence-corrected chi connectivity index (χ3v) is 6.95. The van der Waals surface area contributed by atoms with Crippen LogP contribution in [0.5, 0.6) is 0 Å². The van der Waals surface area contributed by atoms with E-state index in [4.69, 9.17) is 16.3 Å².